The van der Waals surface area contributed by atoms with Crippen molar-refractivity contribution in [3.63, 3.8) is 0 Å². The fraction of sp³-hybridized carbons (Fsp3) is 0.250. The van der Waals surface area contributed by atoms with E-state index in [1.807, 2.05) is 49.4 Å². The monoisotopic (exact) mass is 405 g/mol. The highest BCUT2D eigenvalue weighted by molar-refractivity contribution is 5.95. The summed E-state index contributed by atoms with van der Waals surface area (Å²) in [6.45, 7) is 2.36. The predicted octanol–water partition coefficient (Wildman–Crippen LogP) is 3.91. The Labute approximate surface area is 175 Å². The second kappa shape index (κ2) is 8.45. The lowest BCUT2D eigenvalue weighted by Gasteiger charge is -2.35. The molecule has 6 nitrogen and oxygen atoms in total. The average Bonchev–Trinajstić information content (AvgIpc) is 3.31. The maximum atomic E-state index is 13.1. The zero-order chi connectivity index (χ0) is 21.1. The number of benzene rings is 2. The maximum Gasteiger partial charge on any atom is 0.329 e. The molecule has 154 valence electrons. The number of ether oxygens (including phenoxy) is 2. The van der Waals surface area contributed by atoms with E-state index in [9.17, 15) is 9.59 Å². The number of hydrogen-bond donors (Lipinski definition) is 0. The molecule has 0 saturated carbocycles. The number of methoxy groups -OCH3 is 1. The lowest BCUT2D eigenvalue weighted by atomic mass is 9.93. The number of esters is 1. The van der Waals surface area contributed by atoms with Crippen LogP contribution in [0.2, 0.25) is 0 Å². The van der Waals surface area contributed by atoms with E-state index in [4.69, 9.17) is 13.9 Å². The molecule has 2 heterocycles. The maximum absolute atomic E-state index is 13.1. The molecule has 30 heavy (non-hydrogen) atoms. The molecule has 1 unspecified atom stereocenters. The summed E-state index contributed by atoms with van der Waals surface area (Å²) in [5, 5.41) is 0. The molecule has 4 rings (SSSR count). The molecule has 1 atom stereocenters. The molecular formula is C24H23NO5. The van der Waals surface area contributed by atoms with Crippen molar-refractivity contribution in [1.82, 2.24) is 4.90 Å². The van der Waals surface area contributed by atoms with Crippen LogP contribution < -0.4 is 4.74 Å². The first kappa shape index (κ1) is 19.8. The van der Waals surface area contributed by atoms with Gasteiger partial charge in [-0.25, -0.2) is 4.79 Å². The molecule has 0 N–H and O–H groups in total. The second-order valence-electron chi connectivity index (χ2n) is 7.32. The Bertz CT molecular complexity index is 1060. The van der Waals surface area contributed by atoms with Crippen LogP contribution in [-0.2, 0) is 29.1 Å². The van der Waals surface area contributed by atoms with Gasteiger partial charge in [0.2, 0.25) is 0 Å². The van der Waals surface area contributed by atoms with Crippen LogP contribution in [0, 0.1) is 6.92 Å². The number of fused-ring (bicyclic) bond motifs is 1. The predicted molar refractivity (Wildman–Crippen MR) is 110 cm³/mol. The van der Waals surface area contributed by atoms with Crippen molar-refractivity contribution in [2.75, 3.05) is 7.11 Å². The van der Waals surface area contributed by atoms with Crippen molar-refractivity contribution in [1.29, 1.82) is 0 Å². The Morgan fingerprint density at radius 1 is 1.10 bits per heavy atom. The summed E-state index contributed by atoms with van der Waals surface area (Å²) in [6.07, 6.45) is 1.84. The quantitative estimate of drug-likeness (QED) is 0.602. The van der Waals surface area contributed by atoms with Crippen LogP contribution in [0.15, 0.2) is 65.3 Å². The molecule has 1 aliphatic heterocycles. The van der Waals surface area contributed by atoms with Crippen LogP contribution in [0.1, 0.15) is 32.8 Å². The summed E-state index contributed by atoms with van der Waals surface area (Å²) in [7, 11) is 1.58. The second-order valence-corrected chi connectivity index (χ2v) is 7.32. The number of furan rings is 1. The summed E-state index contributed by atoms with van der Waals surface area (Å²) in [4.78, 5) is 27.6. The number of hydrogen-bond acceptors (Lipinski definition) is 5. The van der Waals surface area contributed by atoms with Gasteiger partial charge in [0.25, 0.3) is 5.91 Å². The number of amides is 1. The zero-order valence-electron chi connectivity index (χ0n) is 17.0. The first-order chi connectivity index (χ1) is 14.6. The van der Waals surface area contributed by atoms with Gasteiger partial charge in [-0.3, -0.25) is 4.79 Å². The van der Waals surface area contributed by atoms with E-state index in [0.29, 0.717) is 18.7 Å². The molecule has 1 aromatic heterocycles. The highest BCUT2D eigenvalue weighted by Gasteiger charge is 2.37. The Hall–Kier alpha value is -3.54. The van der Waals surface area contributed by atoms with Crippen LogP contribution in [0.3, 0.4) is 0 Å². The van der Waals surface area contributed by atoms with Gasteiger partial charge in [-0.15, -0.1) is 0 Å². The van der Waals surface area contributed by atoms with E-state index in [-0.39, 0.29) is 18.3 Å². The van der Waals surface area contributed by atoms with Gasteiger partial charge < -0.3 is 18.8 Å². The molecule has 0 aliphatic carbocycles. The third-order valence-corrected chi connectivity index (χ3v) is 5.32. The lowest BCUT2D eigenvalue weighted by molar-refractivity contribution is -0.151. The van der Waals surface area contributed by atoms with Crippen LogP contribution in [0.25, 0.3) is 0 Å². The first-order valence-electron chi connectivity index (χ1n) is 9.78. The summed E-state index contributed by atoms with van der Waals surface area (Å²) in [6, 6.07) is 16.0. The highest BCUT2D eigenvalue weighted by atomic mass is 16.5. The van der Waals surface area contributed by atoms with Gasteiger partial charge in [-0.1, -0.05) is 35.9 Å². The largest absolute Gasteiger partial charge is 0.496 e. The molecule has 0 bridgehead atoms. The lowest BCUT2D eigenvalue weighted by Crippen LogP contribution is -2.49. The van der Waals surface area contributed by atoms with Gasteiger partial charge in [-0.2, -0.15) is 0 Å². The summed E-state index contributed by atoms with van der Waals surface area (Å²) in [5.74, 6) is 0.0796. The Kier molecular flexibility index (Phi) is 5.57. The van der Waals surface area contributed by atoms with Gasteiger partial charge in [0.15, 0.2) is 5.76 Å². The van der Waals surface area contributed by atoms with Crippen LogP contribution >= 0.6 is 0 Å². The van der Waals surface area contributed by atoms with Gasteiger partial charge in [-0.05, 0) is 42.3 Å². The molecule has 2 aromatic carbocycles. The van der Waals surface area contributed by atoms with Crippen molar-refractivity contribution in [2.45, 2.75) is 32.5 Å². The summed E-state index contributed by atoms with van der Waals surface area (Å²) < 4.78 is 16.3. The standard InChI is InChI=1S/C24H23NO5/c1-16-9-10-21(28-2)19(12-16)15-30-24(27)20-13-17-6-3-4-7-18(17)14-25(20)23(26)22-8-5-11-29-22/h3-12,20H,13-15H2,1-2H3. The molecule has 1 amide bonds. The van der Waals surface area contributed by atoms with E-state index in [0.717, 1.165) is 22.3 Å². The SMILES string of the molecule is COc1ccc(C)cc1COC(=O)C1Cc2ccccc2CN1C(=O)c1ccco1. The third kappa shape index (κ3) is 3.94. The minimum atomic E-state index is -0.728. The van der Waals surface area contributed by atoms with Crippen LogP contribution in [0.5, 0.6) is 5.75 Å². The number of carbonyl (C=O) groups is 2. The summed E-state index contributed by atoms with van der Waals surface area (Å²) in [5.41, 5.74) is 3.88. The van der Waals surface area contributed by atoms with Gasteiger partial charge in [0, 0.05) is 18.5 Å². The normalized spacial score (nSPS) is 15.4. The van der Waals surface area contributed by atoms with E-state index in [1.165, 1.54) is 11.2 Å². The van der Waals surface area contributed by atoms with Gasteiger partial charge in [0.1, 0.15) is 18.4 Å². The van der Waals surface area contributed by atoms with E-state index >= 15 is 0 Å². The number of nitrogens with zero attached hydrogens (tertiary/aromatic N) is 1. The van der Waals surface area contributed by atoms with Crippen molar-refractivity contribution in [3.05, 3.63) is 88.9 Å². The third-order valence-electron chi connectivity index (χ3n) is 5.32. The van der Waals surface area contributed by atoms with E-state index in [1.54, 1.807) is 19.2 Å². The molecule has 0 fully saturated rings. The van der Waals surface area contributed by atoms with E-state index in [2.05, 4.69) is 0 Å². The molecule has 0 saturated heterocycles. The summed E-state index contributed by atoms with van der Waals surface area (Å²) >= 11 is 0. The zero-order valence-corrected chi connectivity index (χ0v) is 17.0. The smallest absolute Gasteiger partial charge is 0.329 e. The Morgan fingerprint density at radius 2 is 1.90 bits per heavy atom. The average molecular weight is 405 g/mol. The van der Waals surface area contributed by atoms with Crippen LogP contribution in [0.4, 0.5) is 0 Å². The molecular weight excluding hydrogens is 382 g/mol. The number of carbonyl (C=O) groups excluding carboxylic acids is 2. The van der Waals surface area contributed by atoms with Gasteiger partial charge >= 0.3 is 5.97 Å². The Morgan fingerprint density at radius 3 is 2.63 bits per heavy atom. The Balaban J connectivity index is 1.57. The fourth-order valence-corrected chi connectivity index (χ4v) is 3.75. The van der Waals surface area contributed by atoms with Gasteiger partial charge in [0.05, 0.1) is 13.4 Å². The highest BCUT2D eigenvalue weighted by Crippen LogP contribution is 2.27. The van der Waals surface area contributed by atoms with Crippen molar-refractivity contribution in [3.8, 4) is 5.75 Å². The fourth-order valence-electron chi connectivity index (χ4n) is 3.75. The van der Waals surface area contributed by atoms with Crippen molar-refractivity contribution < 1.29 is 23.5 Å². The van der Waals surface area contributed by atoms with Crippen molar-refractivity contribution >= 4 is 11.9 Å². The first-order valence-corrected chi connectivity index (χ1v) is 9.78. The number of rotatable bonds is 5. The minimum absolute atomic E-state index is 0.0740. The molecule has 6 heteroatoms. The molecule has 1 aliphatic rings. The molecule has 0 spiro atoms. The van der Waals surface area contributed by atoms with Crippen molar-refractivity contribution in [2.24, 2.45) is 0 Å². The molecule has 3 aromatic rings. The number of aryl methyl sites for hydroxylation is 1. The molecule has 0 radical (unpaired) electrons. The minimum Gasteiger partial charge on any atom is -0.496 e. The van der Waals surface area contributed by atoms with E-state index < -0.39 is 12.0 Å². The van der Waals surface area contributed by atoms with Crippen LogP contribution in [-0.4, -0.2) is 29.9 Å². The topological polar surface area (TPSA) is 69.0 Å².